The van der Waals surface area contributed by atoms with Gasteiger partial charge in [-0.2, -0.15) is 5.10 Å². The molecule has 1 amide bonds. The Morgan fingerprint density at radius 2 is 1.67 bits per heavy atom. The first-order chi connectivity index (χ1) is 15.9. The second kappa shape index (κ2) is 14.6. The van der Waals surface area contributed by atoms with Gasteiger partial charge in [0, 0.05) is 6.42 Å². The summed E-state index contributed by atoms with van der Waals surface area (Å²) in [6.45, 7) is 2.20. The van der Waals surface area contributed by atoms with Crippen LogP contribution in [0.1, 0.15) is 74.2 Å². The van der Waals surface area contributed by atoms with Gasteiger partial charge in [-0.15, -0.1) is 0 Å². The number of halogens is 2. The first kappa shape index (κ1) is 26.7. The Hall–Kier alpha value is -2.57. The number of methoxy groups -OCH3 is 1. The van der Waals surface area contributed by atoms with Gasteiger partial charge in [0.1, 0.15) is 0 Å². The van der Waals surface area contributed by atoms with E-state index in [1.807, 2.05) is 0 Å². The number of nitrogens with one attached hydrogen (secondary N) is 1. The Morgan fingerprint density at radius 3 is 2.36 bits per heavy atom. The highest BCUT2D eigenvalue weighted by molar-refractivity contribution is 6.42. The molecular formula is C25H30Cl2N2O4. The summed E-state index contributed by atoms with van der Waals surface area (Å²) in [6, 6.07) is 9.44. The molecule has 2 rings (SSSR count). The standard InChI is InChI=1S/C25H30Cl2N2O4/c1-3-4-5-6-7-8-9-10-24(30)29-28-17-18-11-14-22(23(15-18)32-2)33-25(31)19-12-13-20(26)21(27)16-19/h11-17H,3-10H2,1-2H3,(H,29,30). The first-order valence-corrected chi connectivity index (χ1v) is 11.9. The van der Waals surface area contributed by atoms with Crippen molar-refractivity contribution in [2.45, 2.75) is 58.3 Å². The van der Waals surface area contributed by atoms with E-state index < -0.39 is 5.97 Å². The predicted molar refractivity (Wildman–Crippen MR) is 133 cm³/mol. The Kier molecular flexibility index (Phi) is 11.8. The highest BCUT2D eigenvalue weighted by Crippen LogP contribution is 2.29. The minimum atomic E-state index is -0.592. The van der Waals surface area contributed by atoms with Crippen LogP contribution in [0.15, 0.2) is 41.5 Å². The number of carbonyl (C=O) groups excluding carboxylic acids is 2. The van der Waals surface area contributed by atoms with Crippen molar-refractivity contribution in [1.29, 1.82) is 0 Å². The molecule has 0 aromatic heterocycles. The van der Waals surface area contributed by atoms with E-state index in [1.165, 1.54) is 63.6 Å². The summed E-state index contributed by atoms with van der Waals surface area (Å²) in [5.74, 6) is -0.111. The zero-order chi connectivity index (χ0) is 24.1. The van der Waals surface area contributed by atoms with Crippen molar-refractivity contribution in [1.82, 2.24) is 5.43 Å². The molecule has 0 atom stereocenters. The average molecular weight is 493 g/mol. The summed E-state index contributed by atoms with van der Waals surface area (Å²) in [7, 11) is 1.47. The maximum absolute atomic E-state index is 12.4. The minimum absolute atomic E-state index is 0.112. The molecule has 178 valence electrons. The van der Waals surface area contributed by atoms with Crippen molar-refractivity contribution in [3.8, 4) is 11.5 Å². The van der Waals surface area contributed by atoms with Crippen LogP contribution in [-0.4, -0.2) is 25.2 Å². The molecule has 0 saturated heterocycles. The molecule has 0 spiro atoms. The molecule has 1 N–H and O–H groups in total. The van der Waals surface area contributed by atoms with Crippen LogP contribution in [0.5, 0.6) is 11.5 Å². The fourth-order valence-electron chi connectivity index (χ4n) is 3.11. The van der Waals surface area contributed by atoms with E-state index in [-0.39, 0.29) is 22.2 Å². The van der Waals surface area contributed by atoms with E-state index in [9.17, 15) is 9.59 Å². The van der Waals surface area contributed by atoms with Gasteiger partial charge in [-0.25, -0.2) is 10.2 Å². The molecule has 2 aromatic rings. The van der Waals surface area contributed by atoms with E-state index in [2.05, 4.69) is 17.5 Å². The molecular weight excluding hydrogens is 463 g/mol. The van der Waals surface area contributed by atoms with Crippen LogP contribution < -0.4 is 14.9 Å². The zero-order valence-corrected chi connectivity index (χ0v) is 20.5. The molecule has 6 nitrogen and oxygen atoms in total. The summed E-state index contributed by atoms with van der Waals surface area (Å²) in [6.07, 6.45) is 10.1. The Balaban J connectivity index is 1.84. The number of nitrogens with zero attached hydrogens (tertiary/aromatic N) is 1. The lowest BCUT2D eigenvalue weighted by Crippen LogP contribution is -2.16. The van der Waals surface area contributed by atoms with Gasteiger partial charge in [0.15, 0.2) is 11.5 Å². The molecule has 0 heterocycles. The second-order valence-electron chi connectivity index (χ2n) is 7.59. The monoisotopic (exact) mass is 492 g/mol. The van der Waals surface area contributed by atoms with Gasteiger partial charge < -0.3 is 9.47 Å². The largest absolute Gasteiger partial charge is 0.493 e. The van der Waals surface area contributed by atoms with Gasteiger partial charge in [0.25, 0.3) is 0 Å². The molecule has 0 saturated carbocycles. The average Bonchev–Trinajstić information content (AvgIpc) is 2.81. The lowest BCUT2D eigenvalue weighted by atomic mass is 10.1. The molecule has 0 fully saturated rings. The highest BCUT2D eigenvalue weighted by Gasteiger charge is 2.14. The minimum Gasteiger partial charge on any atom is -0.493 e. The van der Waals surface area contributed by atoms with E-state index in [0.717, 1.165) is 12.8 Å². The van der Waals surface area contributed by atoms with Crippen molar-refractivity contribution < 1.29 is 19.1 Å². The molecule has 0 aliphatic heterocycles. The van der Waals surface area contributed by atoms with Crippen molar-refractivity contribution >= 4 is 41.3 Å². The lowest BCUT2D eigenvalue weighted by Gasteiger charge is -2.10. The van der Waals surface area contributed by atoms with Crippen molar-refractivity contribution in [2.24, 2.45) is 5.10 Å². The maximum Gasteiger partial charge on any atom is 0.343 e. The summed E-state index contributed by atoms with van der Waals surface area (Å²) in [4.78, 5) is 24.3. The number of ether oxygens (including phenoxy) is 2. The zero-order valence-electron chi connectivity index (χ0n) is 19.0. The summed E-state index contributed by atoms with van der Waals surface area (Å²) < 4.78 is 10.7. The summed E-state index contributed by atoms with van der Waals surface area (Å²) in [5, 5.41) is 4.61. The molecule has 2 aromatic carbocycles. The van der Waals surface area contributed by atoms with Crippen LogP contribution in [0, 0.1) is 0 Å². The molecule has 0 aliphatic rings. The van der Waals surface area contributed by atoms with Crippen LogP contribution in [0.25, 0.3) is 0 Å². The van der Waals surface area contributed by atoms with Gasteiger partial charge in [0.2, 0.25) is 5.91 Å². The number of benzene rings is 2. The lowest BCUT2D eigenvalue weighted by molar-refractivity contribution is -0.121. The van der Waals surface area contributed by atoms with Gasteiger partial charge in [-0.05, 0) is 48.4 Å². The number of carbonyl (C=O) groups is 2. The van der Waals surface area contributed by atoms with E-state index in [0.29, 0.717) is 22.8 Å². The quantitative estimate of drug-likeness (QED) is 0.109. The van der Waals surface area contributed by atoms with Crippen LogP contribution in [-0.2, 0) is 4.79 Å². The normalized spacial score (nSPS) is 10.9. The fourth-order valence-corrected chi connectivity index (χ4v) is 3.41. The number of rotatable bonds is 13. The third-order valence-electron chi connectivity index (χ3n) is 4.96. The van der Waals surface area contributed by atoms with Gasteiger partial charge in [0.05, 0.1) is 28.9 Å². The number of hydrogen-bond acceptors (Lipinski definition) is 5. The number of unbranched alkanes of at least 4 members (excludes halogenated alkanes) is 6. The van der Waals surface area contributed by atoms with Crippen molar-refractivity contribution in [3.05, 3.63) is 57.6 Å². The maximum atomic E-state index is 12.4. The molecule has 0 aliphatic carbocycles. The van der Waals surface area contributed by atoms with Crippen LogP contribution in [0.2, 0.25) is 10.0 Å². The molecule has 0 bridgehead atoms. The van der Waals surface area contributed by atoms with Crippen molar-refractivity contribution in [3.63, 3.8) is 0 Å². The number of hydrogen-bond donors (Lipinski definition) is 1. The molecule has 0 radical (unpaired) electrons. The Bertz CT molecular complexity index is 963. The van der Waals surface area contributed by atoms with E-state index in [4.69, 9.17) is 32.7 Å². The summed E-state index contributed by atoms with van der Waals surface area (Å²) >= 11 is 11.8. The molecule has 33 heavy (non-hydrogen) atoms. The van der Waals surface area contributed by atoms with Crippen molar-refractivity contribution in [2.75, 3.05) is 7.11 Å². The smallest absolute Gasteiger partial charge is 0.343 e. The van der Waals surface area contributed by atoms with Gasteiger partial charge >= 0.3 is 5.97 Å². The van der Waals surface area contributed by atoms with Gasteiger partial charge in [-0.1, -0.05) is 68.7 Å². The predicted octanol–water partition coefficient (Wildman–Crippen LogP) is 6.81. The van der Waals surface area contributed by atoms with E-state index in [1.54, 1.807) is 18.2 Å². The van der Waals surface area contributed by atoms with E-state index >= 15 is 0 Å². The highest BCUT2D eigenvalue weighted by atomic mass is 35.5. The number of amides is 1. The number of hydrazone groups is 1. The third-order valence-corrected chi connectivity index (χ3v) is 5.69. The summed E-state index contributed by atoms with van der Waals surface area (Å²) in [5.41, 5.74) is 3.48. The van der Waals surface area contributed by atoms with Gasteiger partial charge in [-0.3, -0.25) is 4.79 Å². The Morgan fingerprint density at radius 1 is 0.939 bits per heavy atom. The second-order valence-corrected chi connectivity index (χ2v) is 8.41. The van der Waals surface area contributed by atoms with Crippen LogP contribution in [0.4, 0.5) is 0 Å². The topological polar surface area (TPSA) is 77.0 Å². The number of esters is 1. The Labute approximate surface area is 205 Å². The first-order valence-electron chi connectivity index (χ1n) is 11.1. The molecule has 0 unspecified atom stereocenters. The van der Waals surface area contributed by atoms with Crippen LogP contribution in [0.3, 0.4) is 0 Å². The SMILES string of the molecule is CCCCCCCCCC(=O)NN=Cc1ccc(OC(=O)c2ccc(Cl)c(Cl)c2)c(OC)c1. The fraction of sp³-hybridized carbons (Fsp3) is 0.400. The molecule has 8 heteroatoms. The van der Waals surface area contributed by atoms with Crippen LogP contribution >= 0.6 is 23.2 Å². The third kappa shape index (κ3) is 9.44.